The summed E-state index contributed by atoms with van der Waals surface area (Å²) in [5.74, 6) is -0.533. The van der Waals surface area contributed by atoms with Crippen molar-refractivity contribution in [3.05, 3.63) is 46.3 Å². The maximum Gasteiger partial charge on any atom is 0.338 e. The molecule has 0 aromatic heterocycles. The van der Waals surface area contributed by atoms with Crippen LogP contribution < -0.4 is 15.9 Å². The van der Waals surface area contributed by atoms with E-state index in [1.54, 1.807) is 26.0 Å². The third-order valence-corrected chi connectivity index (χ3v) is 3.21. The van der Waals surface area contributed by atoms with E-state index in [1.807, 2.05) is 0 Å². The molecule has 8 heteroatoms. The van der Waals surface area contributed by atoms with Crippen LogP contribution in [-0.4, -0.2) is 23.8 Å². The molecule has 0 bridgehead atoms. The average Bonchev–Trinajstić information content (AvgIpc) is 2.46. The summed E-state index contributed by atoms with van der Waals surface area (Å²) in [6, 6.07) is 4.72. The average molecular weight is 306 g/mol. The number of carbonyl (C=O) groups excluding carboxylic acids is 2. The normalized spacial score (nSPS) is 17.6. The van der Waals surface area contributed by atoms with Crippen molar-refractivity contribution in [3.8, 4) is 0 Å². The van der Waals surface area contributed by atoms with Crippen molar-refractivity contribution in [1.29, 1.82) is 0 Å². The molecule has 8 nitrogen and oxygen atoms in total. The minimum Gasteiger partial charge on any atom is -0.733 e. The highest BCUT2D eigenvalue weighted by Gasteiger charge is 2.31. The first-order valence-corrected chi connectivity index (χ1v) is 6.65. The lowest BCUT2D eigenvalue weighted by molar-refractivity contribution is -0.139. The molecule has 1 aromatic carbocycles. The Hall–Kier alpha value is -2.58. The minimum atomic E-state index is -0.694. The molecule has 118 valence electrons. The Morgan fingerprint density at radius 2 is 2.05 bits per heavy atom. The number of nitrogens with zero attached hydrogens (tertiary/aromatic N) is 1. The molecule has 0 unspecified atom stereocenters. The van der Waals surface area contributed by atoms with E-state index in [-0.39, 0.29) is 23.1 Å². The second kappa shape index (κ2) is 6.46. The summed E-state index contributed by atoms with van der Waals surface area (Å²) in [7, 11) is 0. The Labute approximate surface area is 126 Å². The van der Waals surface area contributed by atoms with Gasteiger partial charge in [0.1, 0.15) is 0 Å². The van der Waals surface area contributed by atoms with Gasteiger partial charge in [-0.2, -0.15) is 0 Å². The van der Waals surface area contributed by atoms with Gasteiger partial charge in [-0.05, 0) is 31.5 Å². The minimum absolute atomic E-state index is 0.0439. The molecule has 0 fully saturated rings. The molecular formula is C14H16N3O5-. The molecule has 1 aliphatic rings. The van der Waals surface area contributed by atoms with Gasteiger partial charge in [0.25, 0.3) is 0 Å². The molecule has 1 heterocycles. The Kier molecular flexibility index (Phi) is 4.64. The number of nitrogens with one attached hydrogen (secondary N) is 2. The molecule has 0 saturated heterocycles. The van der Waals surface area contributed by atoms with Crippen molar-refractivity contribution in [1.82, 2.24) is 10.6 Å². The fourth-order valence-electron chi connectivity index (χ4n) is 2.22. The van der Waals surface area contributed by atoms with E-state index in [9.17, 15) is 14.8 Å². The lowest BCUT2D eigenvalue weighted by Crippen LogP contribution is -2.45. The van der Waals surface area contributed by atoms with Crippen molar-refractivity contribution in [3.63, 3.8) is 0 Å². The first-order valence-electron chi connectivity index (χ1n) is 6.65. The van der Waals surface area contributed by atoms with Crippen molar-refractivity contribution in [2.75, 3.05) is 11.8 Å². The van der Waals surface area contributed by atoms with E-state index in [0.29, 0.717) is 11.3 Å². The Balaban J connectivity index is 2.38. The van der Waals surface area contributed by atoms with Gasteiger partial charge in [-0.15, -0.1) is 0 Å². The van der Waals surface area contributed by atoms with Crippen LogP contribution in [0.4, 0.5) is 10.5 Å². The standard InChI is InChI=1S/C14H16N3O5/c1-3-22-13(18)11-8(2)15-14(19)16-12(11)9-4-6-10(7-5-9)17(20)21/h4-7,12,20H,3H2,1-2H3,(H2,15,16,19)/q-1/t12-/m1/s1. The summed E-state index contributed by atoms with van der Waals surface area (Å²) in [5, 5.41) is 24.5. The number of ether oxygens (including phenoxy) is 1. The van der Waals surface area contributed by atoms with E-state index in [0.717, 1.165) is 0 Å². The molecule has 1 atom stereocenters. The fraction of sp³-hybridized carbons (Fsp3) is 0.286. The number of carbonyl (C=O) groups is 2. The van der Waals surface area contributed by atoms with Crippen LogP contribution >= 0.6 is 0 Å². The Bertz CT molecular complexity index is 609. The molecule has 0 spiro atoms. The van der Waals surface area contributed by atoms with Gasteiger partial charge in [-0.3, -0.25) is 5.21 Å². The number of esters is 1. The predicted molar refractivity (Wildman–Crippen MR) is 77.8 cm³/mol. The zero-order chi connectivity index (χ0) is 16.3. The summed E-state index contributed by atoms with van der Waals surface area (Å²) >= 11 is 0. The highest BCUT2D eigenvalue weighted by atomic mass is 16.8. The lowest BCUT2D eigenvalue weighted by Gasteiger charge is -2.28. The van der Waals surface area contributed by atoms with E-state index in [2.05, 4.69) is 10.6 Å². The van der Waals surface area contributed by atoms with Crippen LogP contribution in [0.5, 0.6) is 0 Å². The summed E-state index contributed by atoms with van der Waals surface area (Å²) in [6.45, 7) is 3.51. The molecule has 0 saturated carbocycles. The van der Waals surface area contributed by atoms with Crippen LogP contribution in [-0.2, 0) is 9.53 Å². The van der Waals surface area contributed by atoms with Crippen LogP contribution in [0.25, 0.3) is 0 Å². The maximum atomic E-state index is 12.1. The number of benzene rings is 1. The summed E-state index contributed by atoms with van der Waals surface area (Å²) < 4.78 is 5.01. The van der Waals surface area contributed by atoms with Crippen LogP contribution in [0.2, 0.25) is 0 Å². The van der Waals surface area contributed by atoms with Crippen LogP contribution in [0.3, 0.4) is 0 Å². The highest BCUT2D eigenvalue weighted by Crippen LogP contribution is 2.28. The molecule has 1 aliphatic heterocycles. The molecule has 2 rings (SSSR count). The van der Waals surface area contributed by atoms with Gasteiger partial charge in [-0.25, -0.2) is 9.59 Å². The summed E-state index contributed by atoms with van der Waals surface area (Å²) in [5.41, 5.74) is 1.33. The van der Waals surface area contributed by atoms with Gasteiger partial charge < -0.3 is 25.8 Å². The molecule has 1 aromatic rings. The Morgan fingerprint density at radius 1 is 1.41 bits per heavy atom. The number of amides is 2. The third-order valence-electron chi connectivity index (χ3n) is 3.21. The van der Waals surface area contributed by atoms with Crippen LogP contribution in [0.1, 0.15) is 25.5 Å². The first-order chi connectivity index (χ1) is 10.4. The maximum absolute atomic E-state index is 12.1. The molecule has 2 amide bonds. The quantitative estimate of drug-likeness (QED) is 0.574. The molecular weight excluding hydrogens is 290 g/mol. The number of hydrogen-bond donors (Lipinski definition) is 3. The lowest BCUT2D eigenvalue weighted by atomic mass is 9.95. The summed E-state index contributed by atoms with van der Waals surface area (Å²) in [4.78, 5) is 23.8. The zero-order valence-electron chi connectivity index (χ0n) is 12.1. The van der Waals surface area contributed by atoms with Crippen LogP contribution in [0.15, 0.2) is 35.5 Å². The number of hydrogen-bond acceptors (Lipinski definition) is 6. The number of allylic oxidation sites excluding steroid dienone is 1. The van der Waals surface area contributed by atoms with E-state index in [4.69, 9.17) is 9.94 Å². The van der Waals surface area contributed by atoms with Gasteiger partial charge in [0.15, 0.2) is 0 Å². The predicted octanol–water partition coefficient (Wildman–Crippen LogP) is 1.57. The number of urea groups is 1. The van der Waals surface area contributed by atoms with E-state index in [1.165, 1.54) is 12.1 Å². The van der Waals surface area contributed by atoms with Gasteiger partial charge >= 0.3 is 12.0 Å². The zero-order valence-corrected chi connectivity index (χ0v) is 12.1. The van der Waals surface area contributed by atoms with Crippen molar-refractivity contribution in [2.24, 2.45) is 0 Å². The molecule has 3 N–H and O–H groups in total. The fourth-order valence-corrected chi connectivity index (χ4v) is 2.22. The highest BCUT2D eigenvalue weighted by molar-refractivity contribution is 5.95. The first kappa shape index (κ1) is 15.8. The number of rotatable bonds is 4. The summed E-state index contributed by atoms with van der Waals surface area (Å²) in [6.07, 6.45) is 0. The van der Waals surface area contributed by atoms with Crippen LogP contribution in [0, 0.1) is 5.21 Å². The van der Waals surface area contributed by atoms with Crippen molar-refractivity contribution in [2.45, 2.75) is 19.9 Å². The Morgan fingerprint density at radius 3 is 2.59 bits per heavy atom. The molecule has 0 aliphatic carbocycles. The van der Waals surface area contributed by atoms with Gasteiger partial charge in [0, 0.05) is 5.70 Å². The second-order valence-corrected chi connectivity index (χ2v) is 4.66. The molecule has 22 heavy (non-hydrogen) atoms. The monoisotopic (exact) mass is 306 g/mol. The van der Waals surface area contributed by atoms with E-state index >= 15 is 0 Å². The SMILES string of the molecule is CCOC(=O)C1=C(C)NC(=O)N[C@@H]1c1ccc(N([O-])O)cc1. The van der Waals surface area contributed by atoms with E-state index < -0.39 is 18.0 Å². The van der Waals surface area contributed by atoms with Gasteiger partial charge in [0.05, 0.1) is 23.9 Å². The molecule has 0 radical (unpaired) electrons. The van der Waals surface area contributed by atoms with Gasteiger partial charge in [-0.1, -0.05) is 12.1 Å². The largest absolute Gasteiger partial charge is 0.733 e. The third kappa shape index (κ3) is 3.18. The second-order valence-electron chi connectivity index (χ2n) is 4.66. The van der Waals surface area contributed by atoms with Gasteiger partial charge in [0.2, 0.25) is 0 Å². The van der Waals surface area contributed by atoms with Crippen molar-refractivity contribution < 1.29 is 19.5 Å². The van der Waals surface area contributed by atoms with Crippen molar-refractivity contribution >= 4 is 17.7 Å². The topological polar surface area (TPSA) is 114 Å². The smallest absolute Gasteiger partial charge is 0.338 e. The number of anilines is 1.